The van der Waals surface area contributed by atoms with E-state index in [2.05, 4.69) is 10.2 Å². The van der Waals surface area contributed by atoms with E-state index in [1.165, 1.54) is 18.2 Å². The zero-order chi connectivity index (χ0) is 23.5. The van der Waals surface area contributed by atoms with Crippen molar-refractivity contribution in [3.63, 3.8) is 0 Å². The van der Waals surface area contributed by atoms with E-state index in [0.29, 0.717) is 26.1 Å². The lowest BCUT2D eigenvalue weighted by Crippen LogP contribution is -2.37. The van der Waals surface area contributed by atoms with Crippen LogP contribution in [0.2, 0.25) is 5.02 Å². The molecule has 3 atom stereocenters. The van der Waals surface area contributed by atoms with Crippen LogP contribution >= 0.6 is 11.6 Å². The fourth-order valence-electron chi connectivity index (χ4n) is 4.84. The maximum atomic E-state index is 14.2. The average Bonchev–Trinajstić information content (AvgIpc) is 3.35. The minimum absolute atomic E-state index is 0.0733. The van der Waals surface area contributed by atoms with Crippen LogP contribution in [-0.4, -0.2) is 65.4 Å². The fourth-order valence-corrected chi connectivity index (χ4v) is 5.08. The van der Waals surface area contributed by atoms with Gasteiger partial charge in [0.1, 0.15) is 5.82 Å². The largest absolute Gasteiger partial charge is 0.474 e. The van der Waals surface area contributed by atoms with Gasteiger partial charge in [-0.3, -0.25) is 9.59 Å². The summed E-state index contributed by atoms with van der Waals surface area (Å²) in [5.74, 6) is -2.96. The van der Waals surface area contributed by atoms with Gasteiger partial charge in [-0.1, -0.05) is 48.0 Å². The summed E-state index contributed by atoms with van der Waals surface area (Å²) in [5, 5.41) is 11.7. The summed E-state index contributed by atoms with van der Waals surface area (Å²) in [6.45, 7) is 3.34. The summed E-state index contributed by atoms with van der Waals surface area (Å²) in [5.41, 5.74) is 0.779. The highest BCUT2D eigenvalue weighted by Crippen LogP contribution is 2.33. The van der Waals surface area contributed by atoms with Crippen molar-refractivity contribution in [3.8, 4) is 0 Å². The molecular weight excluding hydrogens is 449 g/mol. The van der Waals surface area contributed by atoms with Gasteiger partial charge in [0, 0.05) is 32.7 Å². The second kappa shape index (κ2) is 9.89. The molecule has 0 aromatic heterocycles. The molecule has 2 fully saturated rings. The first-order chi connectivity index (χ1) is 15.8. The summed E-state index contributed by atoms with van der Waals surface area (Å²) < 4.78 is 14.2. The molecule has 2 N–H and O–H groups in total. The Morgan fingerprint density at radius 2 is 1.70 bits per heavy atom. The fraction of sp³-hybridized carbons (Fsp3) is 0.375. The Bertz CT molecular complexity index is 1020. The SMILES string of the molecule is O=C(O)C(=O)NC(CCN1CC2CN(C(=O)c3c(F)cccc3Cl)C[C@@H]2C1)c1ccccc1. The maximum absolute atomic E-state index is 14.2. The van der Waals surface area contributed by atoms with Gasteiger partial charge in [0.05, 0.1) is 16.6 Å². The molecule has 2 aromatic carbocycles. The Balaban J connectivity index is 1.34. The summed E-state index contributed by atoms with van der Waals surface area (Å²) >= 11 is 6.06. The molecule has 2 amide bonds. The number of hydrogen-bond acceptors (Lipinski definition) is 4. The normalized spacial score (nSPS) is 21.0. The van der Waals surface area contributed by atoms with Crippen LogP contribution in [0.25, 0.3) is 0 Å². The molecule has 2 saturated heterocycles. The zero-order valence-corrected chi connectivity index (χ0v) is 18.7. The van der Waals surface area contributed by atoms with Crippen molar-refractivity contribution in [1.82, 2.24) is 15.1 Å². The van der Waals surface area contributed by atoms with Crippen molar-refractivity contribution >= 4 is 29.4 Å². The highest BCUT2D eigenvalue weighted by atomic mass is 35.5. The lowest BCUT2D eigenvalue weighted by atomic mass is 10.0. The van der Waals surface area contributed by atoms with E-state index in [1.54, 1.807) is 4.90 Å². The molecule has 0 saturated carbocycles. The van der Waals surface area contributed by atoms with Crippen LogP contribution in [0, 0.1) is 17.7 Å². The topological polar surface area (TPSA) is 89.9 Å². The molecule has 2 aromatic rings. The van der Waals surface area contributed by atoms with Crippen LogP contribution in [0.4, 0.5) is 4.39 Å². The number of nitrogens with one attached hydrogen (secondary N) is 1. The number of halogens is 2. The Labute approximate surface area is 196 Å². The highest BCUT2D eigenvalue weighted by molar-refractivity contribution is 6.33. The maximum Gasteiger partial charge on any atom is 0.394 e. The molecule has 2 unspecified atom stereocenters. The zero-order valence-electron chi connectivity index (χ0n) is 17.9. The van der Waals surface area contributed by atoms with Crippen molar-refractivity contribution in [2.24, 2.45) is 11.8 Å². The molecule has 2 aliphatic heterocycles. The first-order valence-corrected chi connectivity index (χ1v) is 11.3. The number of likely N-dealkylation sites (tertiary alicyclic amines) is 2. The number of aliphatic carboxylic acids is 1. The Kier molecular flexibility index (Phi) is 6.95. The first kappa shape index (κ1) is 23.2. The first-order valence-electron chi connectivity index (χ1n) is 10.9. The Morgan fingerprint density at radius 3 is 2.30 bits per heavy atom. The van der Waals surface area contributed by atoms with Crippen LogP contribution in [0.3, 0.4) is 0 Å². The molecule has 33 heavy (non-hydrogen) atoms. The molecule has 0 radical (unpaired) electrons. The van der Waals surface area contributed by atoms with Gasteiger partial charge in [-0.25, -0.2) is 9.18 Å². The number of rotatable bonds is 6. The van der Waals surface area contributed by atoms with Crippen LogP contribution in [0.1, 0.15) is 28.4 Å². The number of carbonyl (C=O) groups is 3. The van der Waals surface area contributed by atoms with E-state index < -0.39 is 23.7 Å². The molecule has 174 valence electrons. The second-order valence-electron chi connectivity index (χ2n) is 8.62. The molecule has 7 nitrogen and oxygen atoms in total. The summed E-state index contributed by atoms with van der Waals surface area (Å²) in [7, 11) is 0. The number of benzene rings is 2. The van der Waals surface area contributed by atoms with E-state index in [9.17, 15) is 18.8 Å². The van der Waals surface area contributed by atoms with Crippen molar-refractivity contribution in [1.29, 1.82) is 0 Å². The number of amides is 2. The number of fused-ring (bicyclic) bond motifs is 1. The molecule has 0 aliphatic carbocycles. The van der Waals surface area contributed by atoms with Crippen LogP contribution in [-0.2, 0) is 9.59 Å². The number of carbonyl (C=O) groups excluding carboxylic acids is 2. The third kappa shape index (κ3) is 5.17. The predicted molar refractivity (Wildman–Crippen MR) is 120 cm³/mol. The molecule has 2 aliphatic rings. The summed E-state index contributed by atoms with van der Waals surface area (Å²) in [6, 6.07) is 13.1. The molecule has 0 spiro atoms. The van der Waals surface area contributed by atoms with E-state index >= 15 is 0 Å². The Morgan fingerprint density at radius 1 is 1.03 bits per heavy atom. The van der Waals surface area contributed by atoms with Gasteiger partial charge >= 0.3 is 11.9 Å². The van der Waals surface area contributed by atoms with Gasteiger partial charge in [0.15, 0.2) is 0 Å². The molecule has 9 heteroatoms. The van der Waals surface area contributed by atoms with Crippen LogP contribution in [0.15, 0.2) is 48.5 Å². The monoisotopic (exact) mass is 473 g/mol. The van der Waals surface area contributed by atoms with E-state index in [0.717, 1.165) is 18.7 Å². The van der Waals surface area contributed by atoms with Crippen molar-refractivity contribution < 1.29 is 23.9 Å². The minimum Gasteiger partial charge on any atom is -0.474 e. The summed E-state index contributed by atoms with van der Waals surface area (Å²) in [6.07, 6.45) is 0.565. The van der Waals surface area contributed by atoms with Gasteiger partial charge in [0.25, 0.3) is 5.91 Å². The number of nitrogens with zero attached hydrogens (tertiary/aromatic N) is 2. The predicted octanol–water partition coefficient (Wildman–Crippen LogP) is 2.82. The lowest BCUT2D eigenvalue weighted by Gasteiger charge is -2.24. The Hall–Kier alpha value is -2.97. The smallest absolute Gasteiger partial charge is 0.394 e. The standard InChI is InChI=1S/C24H25ClFN3O4/c25-18-7-4-8-19(26)21(18)23(31)29-13-16-11-28(12-17(16)14-29)10-9-20(27-22(30)24(32)33)15-5-2-1-3-6-15/h1-8,16-17,20H,9-14H2,(H,27,30)(H,32,33)/t16-,17?,20?/m0/s1. The minimum atomic E-state index is -1.51. The van der Waals surface area contributed by atoms with Crippen LogP contribution < -0.4 is 5.32 Å². The van der Waals surface area contributed by atoms with E-state index in [-0.39, 0.29) is 28.3 Å². The van der Waals surface area contributed by atoms with E-state index in [1.807, 2.05) is 30.3 Å². The number of hydrogen-bond donors (Lipinski definition) is 2. The van der Waals surface area contributed by atoms with Crippen molar-refractivity contribution in [2.75, 3.05) is 32.7 Å². The highest BCUT2D eigenvalue weighted by Gasteiger charge is 2.42. The van der Waals surface area contributed by atoms with E-state index in [4.69, 9.17) is 16.7 Å². The van der Waals surface area contributed by atoms with Gasteiger partial charge in [-0.2, -0.15) is 0 Å². The lowest BCUT2D eigenvalue weighted by molar-refractivity contribution is -0.150. The third-order valence-electron chi connectivity index (χ3n) is 6.46. The van der Waals surface area contributed by atoms with Gasteiger partial charge in [0.2, 0.25) is 0 Å². The third-order valence-corrected chi connectivity index (χ3v) is 6.78. The summed E-state index contributed by atoms with van der Waals surface area (Å²) in [4.78, 5) is 39.5. The molecular formula is C24H25ClFN3O4. The number of carboxylic acid groups (broad SMARTS) is 1. The van der Waals surface area contributed by atoms with Crippen LogP contribution in [0.5, 0.6) is 0 Å². The van der Waals surface area contributed by atoms with Crippen molar-refractivity contribution in [3.05, 3.63) is 70.5 Å². The molecule has 4 rings (SSSR count). The second-order valence-corrected chi connectivity index (χ2v) is 9.02. The molecule has 2 heterocycles. The van der Waals surface area contributed by atoms with Gasteiger partial charge < -0.3 is 20.2 Å². The number of carboxylic acids is 1. The van der Waals surface area contributed by atoms with Gasteiger partial charge in [-0.15, -0.1) is 0 Å². The average molecular weight is 474 g/mol. The quantitative estimate of drug-likeness (QED) is 0.630. The van der Waals surface area contributed by atoms with Gasteiger partial charge in [-0.05, 0) is 36.0 Å². The molecule has 0 bridgehead atoms. The van der Waals surface area contributed by atoms with Crippen molar-refractivity contribution in [2.45, 2.75) is 12.5 Å².